The van der Waals surface area contributed by atoms with Crippen molar-refractivity contribution in [3.8, 4) is 11.8 Å². The van der Waals surface area contributed by atoms with Gasteiger partial charge in [0.1, 0.15) is 5.70 Å². The van der Waals surface area contributed by atoms with Gasteiger partial charge in [-0.15, -0.1) is 0 Å². The SMILES string of the molecule is CC/C(C)=C/N=C(/C(=C(\C)N)N(C)c1ccc(C(C)=O)cc1)N(C=O)c1cccc(N(C)C(=O)C#CCN2CCCC2)c1.Cc1ccnc(C(C)C)c1. The number of amidine groups is 1. The first-order valence-corrected chi connectivity index (χ1v) is 18.1. The summed E-state index contributed by atoms with van der Waals surface area (Å²) in [7, 11) is 3.49. The van der Waals surface area contributed by atoms with Crippen molar-refractivity contribution < 1.29 is 14.4 Å². The number of aryl methyl sites for hydroxylation is 1. The van der Waals surface area contributed by atoms with Gasteiger partial charge in [0, 0.05) is 54.8 Å². The summed E-state index contributed by atoms with van der Waals surface area (Å²) < 4.78 is 0. The number of likely N-dealkylation sites (tertiary alicyclic amines) is 1. The molecule has 0 atom stereocenters. The van der Waals surface area contributed by atoms with Gasteiger partial charge in [-0.3, -0.25) is 29.2 Å². The minimum absolute atomic E-state index is 0.0320. The highest BCUT2D eigenvalue weighted by molar-refractivity contribution is 6.20. The van der Waals surface area contributed by atoms with Crippen LogP contribution in [-0.4, -0.2) is 67.5 Å². The summed E-state index contributed by atoms with van der Waals surface area (Å²) in [5.41, 5.74) is 13.3. The number of nitrogens with two attached hydrogens (primary N) is 1. The van der Waals surface area contributed by atoms with Gasteiger partial charge in [0.15, 0.2) is 11.6 Å². The Bertz CT molecular complexity index is 1870. The van der Waals surface area contributed by atoms with Crippen LogP contribution >= 0.6 is 0 Å². The van der Waals surface area contributed by atoms with Crippen LogP contribution in [0, 0.1) is 18.8 Å². The number of nitrogens with zero attached hydrogens (tertiary/aromatic N) is 6. The Balaban J connectivity index is 0.000000651. The maximum atomic E-state index is 12.9. The number of hydrogen-bond acceptors (Lipinski definition) is 8. The van der Waals surface area contributed by atoms with Crippen LogP contribution < -0.4 is 20.4 Å². The van der Waals surface area contributed by atoms with Gasteiger partial charge in [-0.1, -0.05) is 38.3 Å². The Morgan fingerprint density at radius 1 is 0.962 bits per heavy atom. The zero-order valence-corrected chi connectivity index (χ0v) is 32.8. The first-order chi connectivity index (χ1) is 25.3. The lowest BCUT2D eigenvalue weighted by molar-refractivity contribution is -0.113. The van der Waals surface area contributed by atoms with Crippen molar-refractivity contribution in [3.05, 3.63) is 107 Å². The number of rotatable bonds is 11. The normalized spacial score (nSPS) is 13.6. The van der Waals surface area contributed by atoms with Gasteiger partial charge in [-0.25, -0.2) is 4.99 Å². The van der Waals surface area contributed by atoms with Gasteiger partial charge in [-0.2, -0.15) is 0 Å². The number of ketones is 1. The highest BCUT2D eigenvalue weighted by Crippen LogP contribution is 2.27. The Hall–Kier alpha value is -5.53. The van der Waals surface area contributed by atoms with Crippen molar-refractivity contribution in [3.63, 3.8) is 0 Å². The summed E-state index contributed by atoms with van der Waals surface area (Å²) in [5, 5.41) is 0. The van der Waals surface area contributed by atoms with Crippen LogP contribution in [0.25, 0.3) is 0 Å². The van der Waals surface area contributed by atoms with Gasteiger partial charge in [0.25, 0.3) is 0 Å². The molecule has 4 rings (SSSR count). The third-order valence-electron chi connectivity index (χ3n) is 8.90. The van der Waals surface area contributed by atoms with Gasteiger partial charge in [0.2, 0.25) is 6.41 Å². The van der Waals surface area contributed by atoms with Crippen molar-refractivity contribution in [1.29, 1.82) is 0 Å². The van der Waals surface area contributed by atoms with E-state index in [1.165, 1.54) is 28.0 Å². The topological polar surface area (TPSA) is 115 Å². The molecular formula is C43H55N7O3. The Kier molecular flexibility index (Phi) is 16.2. The van der Waals surface area contributed by atoms with E-state index in [2.05, 4.69) is 48.6 Å². The lowest BCUT2D eigenvalue weighted by atomic mass is 10.1. The molecule has 280 valence electrons. The monoisotopic (exact) mass is 717 g/mol. The van der Waals surface area contributed by atoms with E-state index in [9.17, 15) is 14.4 Å². The molecule has 1 saturated heterocycles. The molecule has 2 amide bonds. The van der Waals surface area contributed by atoms with E-state index >= 15 is 0 Å². The summed E-state index contributed by atoms with van der Waals surface area (Å²) >= 11 is 0. The van der Waals surface area contributed by atoms with E-state index in [-0.39, 0.29) is 11.7 Å². The molecule has 2 N–H and O–H groups in total. The average molecular weight is 718 g/mol. The molecule has 1 fully saturated rings. The molecule has 10 nitrogen and oxygen atoms in total. The van der Waals surface area contributed by atoms with Crippen LogP contribution in [0.3, 0.4) is 0 Å². The van der Waals surface area contributed by atoms with Gasteiger partial charge in [-0.05, 0) is 132 Å². The molecule has 1 aromatic heterocycles. The van der Waals surface area contributed by atoms with E-state index in [1.807, 2.05) is 50.2 Å². The molecule has 0 spiro atoms. The number of likely N-dealkylation sites (N-methyl/N-ethyl adjacent to an activating group) is 1. The highest BCUT2D eigenvalue weighted by Gasteiger charge is 2.24. The van der Waals surface area contributed by atoms with Crippen LogP contribution in [0.5, 0.6) is 0 Å². The van der Waals surface area contributed by atoms with Crippen molar-refractivity contribution in [2.75, 3.05) is 48.4 Å². The fourth-order valence-corrected chi connectivity index (χ4v) is 5.47. The smallest absolute Gasteiger partial charge is 0.302 e. The maximum absolute atomic E-state index is 12.9. The minimum atomic E-state index is -0.337. The van der Waals surface area contributed by atoms with Crippen LogP contribution in [0.4, 0.5) is 17.1 Å². The zero-order chi connectivity index (χ0) is 39.1. The number of carbonyl (C=O) groups is 3. The third kappa shape index (κ3) is 12.3. The number of aliphatic imine (C=N–C) groups is 1. The lowest BCUT2D eigenvalue weighted by Crippen LogP contribution is -2.38. The van der Waals surface area contributed by atoms with Gasteiger partial charge < -0.3 is 15.5 Å². The molecule has 0 radical (unpaired) electrons. The minimum Gasteiger partial charge on any atom is -0.400 e. The number of pyridine rings is 1. The second-order valence-electron chi connectivity index (χ2n) is 13.5. The number of Topliss-reactive ketones (excluding diaryl/α,β-unsaturated/α-hetero) is 1. The van der Waals surface area contributed by atoms with Crippen LogP contribution in [0.1, 0.15) is 88.3 Å². The van der Waals surface area contributed by atoms with Crippen LogP contribution in [-0.2, 0) is 9.59 Å². The van der Waals surface area contributed by atoms with E-state index in [4.69, 9.17) is 10.7 Å². The molecule has 0 unspecified atom stereocenters. The molecule has 53 heavy (non-hydrogen) atoms. The zero-order valence-electron chi connectivity index (χ0n) is 32.8. The van der Waals surface area contributed by atoms with E-state index in [1.54, 1.807) is 56.6 Å². The van der Waals surface area contributed by atoms with Crippen molar-refractivity contribution >= 4 is 41.0 Å². The van der Waals surface area contributed by atoms with Crippen molar-refractivity contribution in [2.45, 2.75) is 73.6 Å². The Morgan fingerprint density at radius 3 is 2.17 bits per heavy atom. The number of aromatic nitrogens is 1. The fourth-order valence-electron chi connectivity index (χ4n) is 5.47. The number of benzene rings is 2. The Morgan fingerprint density at radius 2 is 1.62 bits per heavy atom. The van der Waals surface area contributed by atoms with Crippen LogP contribution in [0.2, 0.25) is 0 Å². The summed E-state index contributed by atoms with van der Waals surface area (Å²) in [5.74, 6) is 6.21. The molecule has 1 aliphatic rings. The predicted molar refractivity (Wildman–Crippen MR) is 218 cm³/mol. The lowest BCUT2D eigenvalue weighted by Gasteiger charge is -2.30. The summed E-state index contributed by atoms with van der Waals surface area (Å²) in [6.07, 6.45) is 7.37. The standard InChI is InChI=1S/C34H42N6O3.C9H13N/c1-7-25(2)23-36-34(33(26(3)35)38(6)29-17-15-28(16-18-29)27(4)42)40(24-41)31-13-10-12-30(22-31)37(5)32(43)14-11-21-39-19-8-9-20-39;1-7(2)9-6-8(3)4-5-10-9/h10,12-13,15-18,22-24H,7-9,19-21,35H2,1-6H3;4-7H,1-3H3/b25-23+,33-26-,36-34-;. The first-order valence-electron chi connectivity index (χ1n) is 18.1. The molecular weight excluding hydrogens is 663 g/mol. The fraction of sp³-hybridized carbons (Fsp3) is 0.372. The summed E-state index contributed by atoms with van der Waals surface area (Å²) in [6.45, 7) is 16.2. The molecule has 0 aliphatic carbocycles. The highest BCUT2D eigenvalue weighted by atomic mass is 16.2. The Labute approximate surface area is 316 Å². The number of hydrogen-bond donors (Lipinski definition) is 1. The van der Waals surface area contributed by atoms with E-state index < -0.39 is 0 Å². The third-order valence-corrected chi connectivity index (χ3v) is 8.90. The summed E-state index contributed by atoms with van der Waals surface area (Å²) in [6, 6.07) is 18.4. The molecule has 2 heterocycles. The number of anilines is 3. The van der Waals surface area contributed by atoms with E-state index in [0.717, 1.165) is 43.6 Å². The maximum Gasteiger partial charge on any atom is 0.302 e. The molecule has 2 aromatic carbocycles. The van der Waals surface area contributed by atoms with Gasteiger partial charge in [0.05, 0.1) is 12.2 Å². The predicted octanol–water partition coefficient (Wildman–Crippen LogP) is 7.47. The summed E-state index contributed by atoms with van der Waals surface area (Å²) in [4.78, 5) is 53.4. The quantitative estimate of drug-likeness (QED) is 0.0720. The largest absolute Gasteiger partial charge is 0.400 e. The molecule has 3 aromatic rings. The average Bonchev–Trinajstić information content (AvgIpc) is 3.67. The number of allylic oxidation sites excluding steroid dienone is 2. The number of amides is 2. The van der Waals surface area contributed by atoms with Gasteiger partial charge >= 0.3 is 5.91 Å². The first kappa shape index (κ1) is 41.9. The second-order valence-corrected chi connectivity index (χ2v) is 13.5. The molecule has 0 bridgehead atoms. The molecule has 1 aliphatic heterocycles. The van der Waals surface area contributed by atoms with Crippen LogP contribution in [0.15, 0.2) is 95.0 Å². The number of carbonyl (C=O) groups excluding carboxylic acids is 3. The molecule has 10 heteroatoms. The molecule has 0 saturated carbocycles. The van der Waals surface area contributed by atoms with Crippen molar-refractivity contribution in [1.82, 2.24) is 9.88 Å². The second kappa shape index (κ2) is 20.5. The van der Waals surface area contributed by atoms with Crippen molar-refractivity contribution in [2.24, 2.45) is 10.7 Å². The van der Waals surface area contributed by atoms with E-state index in [0.29, 0.717) is 53.0 Å².